The van der Waals surface area contributed by atoms with E-state index in [1.54, 1.807) is 6.20 Å². The molecule has 1 amide bonds. The second kappa shape index (κ2) is 5.40. The zero-order valence-electron chi connectivity index (χ0n) is 12.5. The Morgan fingerprint density at radius 2 is 2.13 bits per heavy atom. The monoisotopic (exact) mass is 318 g/mol. The van der Waals surface area contributed by atoms with Gasteiger partial charge >= 0.3 is 0 Å². The fourth-order valence-electron chi connectivity index (χ4n) is 3.05. The molecule has 0 N–H and O–H groups in total. The number of amides is 1. The lowest BCUT2D eigenvalue weighted by atomic mass is 10.0. The first-order valence-electron chi connectivity index (χ1n) is 7.80. The van der Waals surface area contributed by atoms with Gasteiger partial charge in [-0.25, -0.2) is 13.5 Å². The highest BCUT2D eigenvalue weighted by molar-refractivity contribution is 5.94. The molecule has 1 aromatic heterocycles. The zero-order chi connectivity index (χ0) is 16.0. The molecule has 120 valence electrons. The fourth-order valence-corrected chi connectivity index (χ4v) is 3.05. The topological polar surface area (TPSA) is 51.0 Å². The minimum atomic E-state index is -0.669. The molecular weight excluding hydrogens is 302 g/mol. The minimum absolute atomic E-state index is 0.0251. The van der Waals surface area contributed by atoms with E-state index in [0.717, 1.165) is 24.6 Å². The molecule has 1 saturated carbocycles. The molecule has 0 atom stereocenters. The molecule has 0 unspecified atom stereocenters. The molecule has 4 rings (SSSR count). The molecule has 1 aromatic carbocycles. The van der Waals surface area contributed by atoms with Crippen molar-refractivity contribution in [3.8, 4) is 0 Å². The van der Waals surface area contributed by atoms with Gasteiger partial charge in [-0.3, -0.25) is 4.79 Å². The molecule has 7 heteroatoms. The van der Waals surface area contributed by atoms with Crippen molar-refractivity contribution in [2.24, 2.45) is 0 Å². The van der Waals surface area contributed by atoms with E-state index in [0.29, 0.717) is 36.6 Å². The average Bonchev–Trinajstić information content (AvgIpc) is 3.27. The van der Waals surface area contributed by atoms with Crippen LogP contribution in [0.15, 0.2) is 18.3 Å². The predicted molar refractivity (Wildman–Crippen MR) is 79.0 cm³/mol. The van der Waals surface area contributed by atoms with Crippen molar-refractivity contribution in [3.63, 3.8) is 0 Å². The van der Waals surface area contributed by atoms with Crippen molar-refractivity contribution in [1.29, 1.82) is 0 Å². The largest absolute Gasteiger partial charge is 0.310 e. The maximum Gasteiger partial charge on any atom is 0.248 e. The van der Waals surface area contributed by atoms with Crippen molar-refractivity contribution in [3.05, 3.63) is 41.2 Å². The molecule has 5 nitrogen and oxygen atoms in total. The van der Waals surface area contributed by atoms with Gasteiger partial charge in [-0.1, -0.05) is 5.21 Å². The van der Waals surface area contributed by atoms with Crippen LogP contribution in [-0.4, -0.2) is 27.4 Å². The molecule has 1 aliphatic carbocycles. The van der Waals surface area contributed by atoms with Gasteiger partial charge in [0.2, 0.25) is 5.91 Å². The van der Waals surface area contributed by atoms with Crippen LogP contribution in [0, 0.1) is 11.6 Å². The highest BCUT2D eigenvalue weighted by Crippen LogP contribution is 2.38. The smallest absolute Gasteiger partial charge is 0.248 e. The number of rotatable bonds is 3. The summed E-state index contributed by atoms with van der Waals surface area (Å²) in [5.74, 6) is -1.02. The number of benzene rings is 1. The zero-order valence-corrected chi connectivity index (χ0v) is 12.5. The number of nitrogens with zero attached hydrogens (tertiary/aromatic N) is 4. The van der Waals surface area contributed by atoms with Crippen molar-refractivity contribution in [1.82, 2.24) is 15.0 Å². The Bertz CT molecular complexity index is 769. The third-order valence-corrected chi connectivity index (χ3v) is 4.39. The second-order valence-electron chi connectivity index (χ2n) is 6.15. The van der Waals surface area contributed by atoms with Gasteiger partial charge < -0.3 is 4.90 Å². The molecule has 0 radical (unpaired) electrons. The van der Waals surface area contributed by atoms with Crippen LogP contribution in [0.4, 0.5) is 14.5 Å². The minimum Gasteiger partial charge on any atom is -0.310 e. The van der Waals surface area contributed by atoms with Gasteiger partial charge in [-0.05, 0) is 31.7 Å². The first kappa shape index (κ1) is 14.3. The van der Waals surface area contributed by atoms with Crippen LogP contribution in [0.25, 0.3) is 0 Å². The summed E-state index contributed by atoms with van der Waals surface area (Å²) in [4.78, 5) is 14.0. The van der Waals surface area contributed by atoms with Crippen molar-refractivity contribution in [2.45, 2.75) is 38.1 Å². The van der Waals surface area contributed by atoms with Crippen LogP contribution in [0.5, 0.6) is 0 Å². The van der Waals surface area contributed by atoms with Gasteiger partial charge in [0.1, 0.15) is 18.2 Å². The first-order chi connectivity index (χ1) is 11.1. The number of carbonyl (C=O) groups is 1. The summed E-state index contributed by atoms with van der Waals surface area (Å²) in [6.07, 6.45) is 5.19. The summed E-state index contributed by atoms with van der Waals surface area (Å²) in [6.45, 7) is 0.482. The van der Waals surface area contributed by atoms with Crippen molar-refractivity contribution < 1.29 is 13.6 Å². The number of carbonyl (C=O) groups excluding carboxylic acids is 1. The number of halogens is 2. The summed E-state index contributed by atoms with van der Waals surface area (Å²) < 4.78 is 28.9. The third kappa shape index (κ3) is 2.71. The van der Waals surface area contributed by atoms with E-state index in [1.165, 1.54) is 15.6 Å². The molecular formula is C16H16F2N4O. The van der Waals surface area contributed by atoms with Gasteiger partial charge in [0.25, 0.3) is 0 Å². The highest BCUT2D eigenvalue weighted by atomic mass is 19.1. The lowest BCUT2D eigenvalue weighted by molar-refractivity contribution is -0.119. The van der Waals surface area contributed by atoms with Gasteiger partial charge in [0.05, 0.1) is 11.4 Å². The fraction of sp³-hybridized carbons (Fsp3) is 0.438. The summed E-state index contributed by atoms with van der Waals surface area (Å²) in [5, 5.41) is 8.05. The van der Waals surface area contributed by atoms with Crippen LogP contribution in [-0.2, 0) is 17.8 Å². The molecule has 1 aliphatic heterocycles. The molecule has 0 saturated heterocycles. The van der Waals surface area contributed by atoms with Crippen LogP contribution < -0.4 is 4.90 Å². The van der Waals surface area contributed by atoms with E-state index in [-0.39, 0.29) is 12.5 Å². The van der Waals surface area contributed by atoms with Crippen LogP contribution in [0.1, 0.15) is 36.4 Å². The predicted octanol–water partition coefficient (Wildman–Crippen LogP) is 2.41. The standard InChI is InChI=1S/C16H16F2N4O/c17-11-6-13(18)12-2-1-5-22(15(12)7-11)16(23)9-21-8-14(19-20-21)10-3-4-10/h6-8,10H,1-5,9H2. The third-order valence-electron chi connectivity index (χ3n) is 4.39. The average molecular weight is 318 g/mol. The Hall–Kier alpha value is -2.31. The van der Waals surface area contributed by atoms with Crippen LogP contribution >= 0.6 is 0 Å². The quantitative estimate of drug-likeness (QED) is 0.873. The molecule has 23 heavy (non-hydrogen) atoms. The van der Waals surface area contributed by atoms with Crippen molar-refractivity contribution >= 4 is 11.6 Å². The molecule has 0 spiro atoms. The van der Waals surface area contributed by atoms with E-state index >= 15 is 0 Å². The van der Waals surface area contributed by atoms with Crippen molar-refractivity contribution in [2.75, 3.05) is 11.4 Å². The van der Waals surface area contributed by atoms with E-state index in [2.05, 4.69) is 10.3 Å². The molecule has 1 fully saturated rings. The lowest BCUT2D eigenvalue weighted by Crippen LogP contribution is -2.38. The maximum absolute atomic E-state index is 13.9. The molecule has 0 bridgehead atoms. The Morgan fingerprint density at radius 1 is 1.30 bits per heavy atom. The molecule has 2 aromatic rings. The van der Waals surface area contributed by atoms with Gasteiger partial charge in [0.15, 0.2) is 0 Å². The number of aromatic nitrogens is 3. The van der Waals surface area contributed by atoms with E-state index in [4.69, 9.17) is 0 Å². The normalized spacial score (nSPS) is 17.2. The van der Waals surface area contributed by atoms with Crippen LogP contribution in [0.2, 0.25) is 0 Å². The summed E-state index contributed by atoms with van der Waals surface area (Å²) in [7, 11) is 0. The van der Waals surface area contributed by atoms with E-state index in [9.17, 15) is 13.6 Å². The maximum atomic E-state index is 13.9. The van der Waals surface area contributed by atoms with E-state index in [1.807, 2.05) is 0 Å². The van der Waals surface area contributed by atoms with E-state index < -0.39 is 11.6 Å². The van der Waals surface area contributed by atoms with Crippen LogP contribution in [0.3, 0.4) is 0 Å². The summed E-state index contributed by atoms with van der Waals surface area (Å²) >= 11 is 0. The van der Waals surface area contributed by atoms with Gasteiger partial charge in [0, 0.05) is 30.3 Å². The SMILES string of the molecule is O=C(Cn1cc(C2CC2)nn1)N1CCCc2c(F)cc(F)cc21. The Morgan fingerprint density at radius 3 is 2.91 bits per heavy atom. The number of hydrogen-bond acceptors (Lipinski definition) is 3. The summed E-state index contributed by atoms with van der Waals surface area (Å²) in [6, 6.07) is 2.10. The molecule has 2 aliphatic rings. The number of fused-ring (bicyclic) bond motifs is 1. The second-order valence-corrected chi connectivity index (χ2v) is 6.15. The first-order valence-corrected chi connectivity index (χ1v) is 7.80. The summed E-state index contributed by atoms with van der Waals surface area (Å²) in [5.41, 5.74) is 1.65. The highest BCUT2D eigenvalue weighted by Gasteiger charge is 2.28. The van der Waals surface area contributed by atoms with Gasteiger partial charge in [-0.15, -0.1) is 5.10 Å². The number of anilines is 1. The Balaban J connectivity index is 1.57. The number of hydrogen-bond donors (Lipinski definition) is 0. The Labute approximate surface area is 131 Å². The van der Waals surface area contributed by atoms with Gasteiger partial charge in [-0.2, -0.15) is 0 Å². The molecule has 2 heterocycles. The Kier molecular flexibility index (Phi) is 3.36. The lowest BCUT2D eigenvalue weighted by Gasteiger charge is -2.29.